The third kappa shape index (κ3) is 5.41. The van der Waals surface area contributed by atoms with Gasteiger partial charge in [-0.05, 0) is 62.4 Å². The van der Waals surface area contributed by atoms with Crippen LogP contribution >= 0.6 is 12.2 Å². The normalized spacial score (nSPS) is 18.7. The number of hydrogen-bond acceptors (Lipinski definition) is 2. The Hall–Kier alpha value is -1.42. The first-order chi connectivity index (χ1) is 10.7. The van der Waals surface area contributed by atoms with E-state index in [9.17, 15) is 0 Å². The average Bonchev–Trinajstić information content (AvgIpc) is 2.56. The highest BCUT2D eigenvalue weighted by molar-refractivity contribution is 7.80. The first kappa shape index (κ1) is 16.9. The van der Waals surface area contributed by atoms with Gasteiger partial charge in [-0.15, -0.1) is 0 Å². The van der Waals surface area contributed by atoms with Crippen LogP contribution in [0.4, 0.5) is 0 Å². The number of allylic oxidation sites excluding steroid dienone is 2. The molecule has 2 unspecified atom stereocenters. The standard InChI is InChI=1S/C18H27N3S/c1-3-15(2)20-18(22)21(13-16-8-5-4-6-9-16)14-17-10-7-11-19-12-17/h4-5,7,10-12,15-16H,3,6,8-9,13-14H2,1-2H3,(H,20,22). The second-order valence-electron chi connectivity index (χ2n) is 6.15. The minimum absolute atomic E-state index is 0.412. The summed E-state index contributed by atoms with van der Waals surface area (Å²) < 4.78 is 0. The van der Waals surface area contributed by atoms with E-state index in [4.69, 9.17) is 12.2 Å². The van der Waals surface area contributed by atoms with E-state index in [1.54, 1.807) is 0 Å². The third-order valence-corrected chi connectivity index (χ3v) is 4.60. The molecule has 1 aliphatic carbocycles. The van der Waals surface area contributed by atoms with Crippen molar-refractivity contribution in [1.29, 1.82) is 0 Å². The molecule has 22 heavy (non-hydrogen) atoms. The maximum atomic E-state index is 5.66. The fraction of sp³-hybridized carbons (Fsp3) is 0.556. The molecule has 2 atom stereocenters. The van der Waals surface area contributed by atoms with Crippen LogP contribution in [0.3, 0.4) is 0 Å². The predicted octanol–water partition coefficient (Wildman–Crippen LogP) is 3.91. The summed E-state index contributed by atoms with van der Waals surface area (Å²) in [5, 5.41) is 4.33. The van der Waals surface area contributed by atoms with Gasteiger partial charge >= 0.3 is 0 Å². The van der Waals surface area contributed by atoms with Gasteiger partial charge in [0.25, 0.3) is 0 Å². The van der Waals surface area contributed by atoms with Crippen LogP contribution < -0.4 is 5.32 Å². The number of hydrogen-bond donors (Lipinski definition) is 1. The first-order valence-electron chi connectivity index (χ1n) is 8.28. The molecule has 0 spiro atoms. The van der Waals surface area contributed by atoms with E-state index < -0.39 is 0 Å². The van der Waals surface area contributed by atoms with Crippen molar-refractivity contribution >= 4 is 17.3 Å². The molecule has 0 aromatic carbocycles. The zero-order valence-corrected chi connectivity index (χ0v) is 14.5. The smallest absolute Gasteiger partial charge is 0.169 e. The van der Waals surface area contributed by atoms with Gasteiger partial charge in [-0.2, -0.15) is 0 Å². The Morgan fingerprint density at radius 2 is 2.36 bits per heavy atom. The molecular formula is C18H27N3S. The Bertz CT molecular complexity index is 486. The van der Waals surface area contributed by atoms with Crippen LogP contribution in [-0.4, -0.2) is 27.6 Å². The largest absolute Gasteiger partial charge is 0.360 e. The summed E-state index contributed by atoms with van der Waals surface area (Å²) in [6, 6.07) is 4.52. The minimum Gasteiger partial charge on any atom is -0.360 e. The van der Waals surface area contributed by atoms with Crippen molar-refractivity contribution in [2.75, 3.05) is 6.54 Å². The van der Waals surface area contributed by atoms with Crippen LogP contribution in [-0.2, 0) is 6.54 Å². The van der Waals surface area contributed by atoms with Crippen LogP contribution in [0.2, 0.25) is 0 Å². The molecule has 120 valence electrons. The van der Waals surface area contributed by atoms with E-state index in [-0.39, 0.29) is 0 Å². The molecule has 0 fully saturated rings. The summed E-state index contributed by atoms with van der Waals surface area (Å²) in [4.78, 5) is 6.53. The fourth-order valence-corrected chi connectivity index (χ4v) is 3.01. The van der Waals surface area contributed by atoms with E-state index in [0.29, 0.717) is 12.0 Å². The molecule has 0 saturated heterocycles. The fourth-order valence-electron chi connectivity index (χ4n) is 2.67. The summed E-state index contributed by atoms with van der Waals surface area (Å²) in [5.74, 6) is 0.693. The van der Waals surface area contributed by atoms with Gasteiger partial charge in [0, 0.05) is 31.5 Å². The molecule has 2 rings (SSSR count). The molecule has 0 aliphatic heterocycles. The van der Waals surface area contributed by atoms with Gasteiger partial charge in [0.1, 0.15) is 0 Å². The van der Waals surface area contributed by atoms with Crippen molar-refractivity contribution in [3.63, 3.8) is 0 Å². The molecule has 0 amide bonds. The quantitative estimate of drug-likeness (QED) is 0.636. The van der Waals surface area contributed by atoms with Crippen molar-refractivity contribution in [3.05, 3.63) is 42.2 Å². The number of rotatable bonds is 6. The maximum absolute atomic E-state index is 5.66. The van der Waals surface area contributed by atoms with Crippen LogP contribution in [0.25, 0.3) is 0 Å². The van der Waals surface area contributed by atoms with E-state index in [1.165, 1.54) is 18.4 Å². The maximum Gasteiger partial charge on any atom is 0.169 e. The SMILES string of the molecule is CCC(C)NC(=S)N(Cc1cccnc1)CC1CC=CCC1. The Labute approximate surface area is 139 Å². The molecule has 1 N–H and O–H groups in total. The third-order valence-electron chi connectivity index (χ3n) is 4.22. The zero-order chi connectivity index (χ0) is 15.8. The lowest BCUT2D eigenvalue weighted by Crippen LogP contribution is -2.45. The monoisotopic (exact) mass is 317 g/mol. The Morgan fingerprint density at radius 1 is 1.50 bits per heavy atom. The highest BCUT2D eigenvalue weighted by Gasteiger charge is 2.18. The number of thiocarbonyl (C=S) groups is 1. The number of pyridine rings is 1. The van der Waals surface area contributed by atoms with Crippen molar-refractivity contribution < 1.29 is 0 Å². The van der Waals surface area contributed by atoms with E-state index in [0.717, 1.165) is 31.0 Å². The molecule has 1 aromatic rings. The van der Waals surface area contributed by atoms with E-state index in [1.807, 2.05) is 18.5 Å². The summed E-state index contributed by atoms with van der Waals surface area (Å²) in [6.07, 6.45) is 13.0. The minimum atomic E-state index is 0.412. The lowest BCUT2D eigenvalue weighted by molar-refractivity contribution is 0.309. The number of nitrogens with one attached hydrogen (secondary N) is 1. The number of aromatic nitrogens is 1. The summed E-state index contributed by atoms with van der Waals surface area (Å²) in [5.41, 5.74) is 1.21. The molecule has 0 radical (unpaired) electrons. The predicted molar refractivity (Wildman–Crippen MR) is 96.6 cm³/mol. The lowest BCUT2D eigenvalue weighted by atomic mass is 9.94. The van der Waals surface area contributed by atoms with E-state index >= 15 is 0 Å². The van der Waals surface area contributed by atoms with Gasteiger partial charge in [-0.25, -0.2) is 0 Å². The lowest BCUT2D eigenvalue weighted by Gasteiger charge is -2.32. The summed E-state index contributed by atoms with van der Waals surface area (Å²) >= 11 is 5.66. The Morgan fingerprint density at radius 3 is 3.00 bits per heavy atom. The van der Waals surface area contributed by atoms with Crippen LogP contribution in [0.1, 0.15) is 45.1 Å². The average molecular weight is 318 g/mol. The second-order valence-corrected chi connectivity index (χ2v) is 6.54. The van der Waals surface area contributed by atoms with Crippen molar-refractivity contribution in [2.45, 2.75) is 52.1 Å². The highest BCUT2D eigenvalue weighted by Crippen LogP contribution is 2.20. The highest BCUT2D eigenvalue weighted by atomic mass is 32.1. The van der Waals surface area contributed by atoms with Gasteiger partial charge in [0.05, 0.1) is 0 Å². The molecule has 4 heteroatoms. The van der Waals surface area contributed by atoms with Crippen LogP contribution in [0.5, 0.6) is 0 Å². The van der Waals surface area contributed by atoms with Crippen molar-refractivity contribution in [3.8, 4) is 0 Å². The molecule has 1 aliphatic rings. The molecule has 0 saturated carbocycles. The van der Waals surface area contributed by atoms with E-state index in [2.05, 4.69) is 47.3 Å². The second kappa shape index (κ2) is 8.89. The van der Waals surface area contributed by atoms with Gasteiger partial charge in [-0.1, -0.05) is 25.1 Å². The molecule has 1 aromatic heterocycles. The molecule has 1 heterocycles. The van der Waals surface area contributed by atoms with Crippen molar-refractivity contribution in [2.24, 2.45) is 5.92 Å². The summed E-state index contributed by atoms with van der Waals surface area (Å²) in [6.45, 7) is 6.20. The Kier molecular flexibility index (Phi) is 6.84. The zero-order valence-electron chi connectivity index (χ0n) is 13.7. The molecular weight excluding hydrogens is 290 g/mol. The molecule has 3 nitrogen and oxygen atoms in total. The Balaban J connectivity index is 2.02. The van der Waals surface area contributed by atoms with Gasteiger partial charge in [0.2, 0.25) is 0 Å². The van der Waals surface area contributed by atoms with Crippen molar-refractivity contribution in [1.82, 2.24) is 15.2 Å². The van der Waals surface area contributed by atoms with Gasteiger partial charge < -0.3 is 10.2 Å². The van der Waals surface area contributed by atoms with Gasteiger partial charge in [0.15, 0.2) is 5.11 Å². The first-order valence-corrected chi connectivity index (χ1v) is 8.69. The van der Waals surface area contributed by atoms with Gasteiger partial charge in [-0.3, -0.25) is 4.98 Å². The van der Waals surface area contributed by atoms with Crippen LogP contribution in [0, 0.1) is 5.92 Å². The summed E-state index contributed by atoms with van der Waals surface area (Å²) in [7, 11) is 0. The number of nitrogens with zero attached hydrogens (tertiary/aromatic N) is 2. The molecule has 0 bridgehead atoms. The van der Waals surface area contributed by atoms with Crippen LogP contribution in [0.15, 0.2) is 36.7 Å². The topological polar surface area (TPSA) is 28.2 Å².